The van der Waals surface area contributed by atoms with E-state index < -0.39 is 23.5 Å². The average Bonchev–Trinajstić information content (AvgIpc) is 3.19. The molecule has 0 aliphatic carbocycles. The average molecular weight is 454 g/mol. The topological polar surface area (TPSA) is 132 Å². The molecule has 3 rings (SSSR count). The number of hydrogen-bond acceptors (Lipinski definition) is 6. The summed E-state index contributed by atoms with van der Waals surface area (Å²) in [4.78, 5) is 27.9. The normalized spacial score (nSPS) is 11.3. The molecular formula is C18H15ClF3N7O2. The van der Waals surface area contributed by atoms with Crippen molar-refractivity contribution in [3.05, 3.63) is 64.6 Å². The number of rotatable bonds is 6. The first-order chi connectivity index (χ1) is 14.7. The Balaban J connectivity index is 2.09. The smallest absolute Gasteiger partial charge is 0.326 e. The molecule has 0 saturated carbocycles. The van der Waals surface area contributed by atoms with Crippen molar-refractivity contribution < 1.29 is 22.8 Å². The van der Waals surface area contributed by atoms with Gasteiger partial charge in [-0.15, -0.1) is 0 Å². The molecule has 0 aliphatic heterocycles. The van der Waals surface area contributed by atoms with Gasteiger partial charge in [-0.3, -0.25) is 9.59 Å². The van der Waals surface area contributed by atoms with Crippen molar-refractivity contribution in [3.8, 4) is 5.82 Å². The minimum atomic E-state index is -4.82. The zero-order chi connectivity index (χ0) is 22.8. The molecule has 5 N–H and O–H groups in total. The van der Waals surface area contributed by atoms with Gasteiger partial charge in [-0.25, -0.2) is 20.5 Å². The van der Waals surface area contributed by atoms with Crippen LogP contribution in [0.25, 0.3) is 5.82 Å². The summed E-state index contributed by atoms with van der Waals surface area (Å²) < 4.78 is 40.5. The van der Waals surface area contributed by atoms with Crippen LogP contribution < -0.4 is 21.9 Å². The van der Waals surface area contributed by atoms with Gasteiger partial charge < -0.3 is 11.1 Å². The summed E-state index contributed by atoms with van der Waals surface area (Å²) in [6.45, 7) is 0.106. The van der Waals surface area contributed by atoms with Crippen LogP contribution in [0.3, 0.4) is 0 Å². The minimum Gasteiger partial charge on any atom is -0.326 e. The predicted octanol–water partition coefficient (Wildman–Crippen LogP) is 2.49. The van der Waals surface area contributed by atoms with Crippen LogP contribution in [0.5, 0.6) is 0 Å². The molecule has 0 saturated heterocycles. The number of carbonyl (C=O) groups excluding carboxylic acids is 2. The van der Waals surface area contributed by atoms with Crippen LogP contribution in [0.15, 0.2) is 42.6 Å². The number of pyridine rings is 1. The summed E-state index contributed by atoms with van der Waals surface area (Å²) in [5.74, 6) is 4.45. The summed E-state index contributed by atoms with van der Waals surface area (Å²) in [6, 6.07) is 7.87. The SMILES string of the molecule is NCc1ccc(N(N)C=O)c(NC(=O)c2cc(C(F)(F)F)nn2-c2ncccc2Cl)c1. The van der Waals surface area contributed by atoms with Gasteiger partial charge in [-0.1, -0.05) is 17.7 Å². The van der Waals surface area contributed by atoms with Gasteiger partial charge in [0.15, 0.2) is 11.5 Å². The first-order valence-corrected chi connectivity index (χ1v) is 8.95. The molecule has 0 bridgehead atoms. The highest BCUT2D eigenvalue weighted by Gasteiger charge is 2.36. The van der Waals surface area contributed by atoms with E-state index >= 15 is 0 Å². The van der Waals surface area contributed by atoms with E-state index in [0.717, 1.165) is 0 Å². The van der Waals surface area contributed by atoms with E-state index in [-0.39, 0.29) is 28.8 Å². The number of alkyl halides is 3. The molecule has 2 heterocycles. The first-order valence-electron chi connectivity index (χ1n) is 8.57. The van der Waals surface area contributed by atoms with Crippen molar-refractivity contribution in [3.63, 3.8) is 0 Å². The summed E-state index contributed by atoms with van der Waals surface area (Å²) in [6.07, 6.45) is -3.23. The lowest BCUT2D eigenvalue weighted by atomic mass is 10.1. The Hall–Kier alpha value is -3.48. The number of carbonyl (C=O) groups is 2. The van der Waals surface area contributed by atoms with E-state index in [1.165, 1.54) is 30.5 Å². The van der Waals surface area contributed by atoms with Crippen molar-refractivity contribution >= 4 is 35.3 Å². The molecule has 162 valence electrons. The van der Waals surface area contributed by atoms with Gasteiger partial charge in [0.1, 0.15) is 5.69 Å². The number of nitrogens with two attached hydrogens (primary N) is 2. The lowest BCUT2D eigenvalue weighted by molar-refractivity contribution is -0.141. The summed E-state index contributed by atoms with van der Waals surface area (Å²) in [7, 11) is 0. The number of nitrogens with zero attached hydrogens (tertiary/aromatic N) is 4. The molecule has 0 spiro atoms. The van der Waals surface area contributed by atoms with E-state index in [2.05, 4.69) is 15.4 Å². The maximum absolute atomic E-state index is 13.3. The Kier molecular flexibility index (Phi) is 6.24. The number of nitrogens with one attached hydrogen (secondary N) is 1. The van der Waals surface area contributed by atoms with E-state index in [4.69, 9.17) is 23.2 Å². The van der Waals surface area contributed by atoms with E-state index in [1.54, 1.807) is 6.07 Å². The van der Waals surface area contributed by atoms with Crippen LogP contribution in [0.4, 0.5) is 24.5 Å². The second-order valence-corrected chi connectivity index (χ2v) is 6.56. The third kappa shape index (κ3) is 4.66. The lowest BCUT2D eigenvalue weighted by Crippen LogP contribution is -2.30. The molecule has 0 unspecified atom stereocenters. The van der Waals surface area contributed by atoms with Crippen LogP contribution in [0.1, 0.15) is 21.7 Å². The Bertz CT molecular complexity index is 1130. The van der Waals surface area contributed by atoms with E-state index in [9.17, 15) is 22.8 Å². The summed E-state index contributed by atoms with van der Waals surface area (Å²) >= 11 is 6.03. The number of hydrazine groups is 1. The number of amides is 2. The number of anilines is 2. The quantitative estimate of drug-likeness (QED) is 0.227. The minimum absolute atomic E-state index is 0.0201. The Morgan fingerprint density at radius 1 is 1.29 bits per heavy atom. The number of aromatic nitrogens is 3. The third-order valence-electron chi connectivity index (χ3n) is 4.11. The van der Waals surface area contributed by atoms with Crippen LogP contribution >= 0.6 is 11.6 Å². The highest BCUT2D eigenvalue weighted by Crippen LogP contribution is 2.31. The molecule has 3 aromatic rings. The number of benzene rings is 1. The molecular weight excluding hydrogens is 439 g/mol. The Labute approximate surface area is 178 Å². The van der Waals surface area contributed by atoms with Gasteiger partial charge in [0.25, 0.3) is 5.91 Å². The second-order valence-electron chi connectivity index (χ2n) is 6.16. The van der Waals surface area contributed by atoms with Crippen LogP contribution in [-0.4, -0.2) is 27.1 Å². The van der Waals surface area contributed by atoms with Gasteiger partial charge in [0.05, 0.1) is 16.4 Å². The van der Waals surface area contributed by atoms with Crippen molar-refractivity contribution in [2.24, 2.45) is 11.6 Å². The zero-order valence-corrected chi connectivity index (χ0v) is 16.4. The standard InChI is InChI=1S/C18H15ClF3N7O2/c19-11-2-1-5-25-16(11)29-14(7-15(27-29)18(20,21)22)17(31)26-12-6-10(8-23)3-4-13(12)28(24)9-30/h1-7,9H,8,23-24H2,(H,26,31). The maximum Gasteiger partial charge on any atom is 0.435 e. The molecule has 31 heavy (non-hydrogen) atoms. The Morgan fingerprint density at radius 3 is 2.65 bits per heavy atom. The molecule has 2 amide bonds. The first kappa shape index (κ1) is 22.2. The fraction of sp³-hybridized carbons (Fsp3) is 0.111. The molecule has 0 fully saturated rings. The van der Waals surface area contributed by atoms with Crippen molar-refractivity contribution in [1.29, 1.82) is 0 Å². The van der Waals surface area contributed by atoms with Gasteiger partial charge in [-0.2, -0.15) is 18.3 Å². The summed E-state index contributed by atoms with van der Waals surface area (Å²) in [5, 5.41) is 6.57. The molecule has 0 atom stereocenters. The largest absolute Gasteiger partial charge is 0.435 e. The van der Waals surface area contributed by atoms with Crippen LogP contribution in [-0.2, 0) is 17.5 Å². The van der Waals surface area contributed by atoms with Crippen molar-refractivity contribution in [1.82, 2.24) is 14.8 Å². The molecule has 1 aromatic carbocycles. The monoisotopic (exact) mass is 453 g/mol. The van der Waals surface area contributed by atoms with Crippen LogP contribution in [0.2, 0.25) is 5.02 Å². The van der Waals surface area contributed by atoms with Gasteiger partial charge >= 0.3 is 6.18 Å². The van der Waals surface area contributed by atoms with Gasteiger partial charge in [-0.05, 0) is 29.8 Å². The molecule has 0 aliphatic rings. The number of hydrogen-bond donors (Lipinski definition) is 3. The molecule has 0 radical (unpaired) electrons. The zero-order valence-electron chi connectivity index (χ0n) is 15.6. The summed E-state index contributed by atoms with van der Waals surface area (Å²) in [5.41, 5.74) is 4.52. The highest BCUT2D eigenvalue weighted by molar-refractivity contribution is 6.32. The Morgan fingerprint density at radius 2 is 2.03 bits per heavy atom. The maximum atomic E-state index is 13.3. The third-order valence-corrected chi connectivity index (χ3v) is 4.40. The van der Waals surface area contributed by atoms with Crippen molar-refractivity contribution in [2.75, 3.05) is 10.3 Å². The van der Waals surface area contributed by atoms with E-state index in [0.29, 0.717) is 27.7 Å². The fourth-order valence-corrected chi connectivity index (χ4v) is 2.86. The fourth-order valence-electron chi connectivity index (χ4n) is 2.65. The second kappa shape index (κ2) is 8.71. The van der Waals surface area contributed by atoms with Crippen molar-refractivity contribution in [2.45, 2.75) is 12.7 Å². The number of halogens is 4. The molecule has 13 heteroatoms. The molecule has 9 nitrogen and oxygen atoms in total. The molecule has 2 aromatic heterocycles. The van der Waals surface area contributed by atoms with E-state index in [1.807, 2.05) is 0 Å². The highest BCUT2D eigenvalue weighted by atomic mass is 35.5. The predicted molar refractivity (Wildman–Crippen MR) is 106 cm³/mol. The lowest BCUT2D eigenvalue weighted by Gasteiger charge is -2.17. The van der Waals surface area contributed by atoms with Gasteiger partial charge in [0, 0.05) is 18.8 Å². The van der Waals surface area contributed by atoms with Gasteiger partial charge in [0.2, 0.25) is 6.41 Å². The van der Waals surface area contributed by atoms with Crippen LogP contribution in [0, 0.1) is 0 Å².